The van der Waals surface area contributed by atoms with Gasteiger partial charge in [0, 0.05) is 133 Å². The van der Waals surface area contributed by atoms with Crippen LogP contribution in [0.4, 0.5) is 0 Å². The van der Waals surface area contributed by atoms with E-state index in [1.807, 2.05) is 0 Å². The number of amides is 6. The molecular weight excluding hydrogens is 1750 g/mol. The second-order valence-electron chi connectivity index (χ2n) is 29.8. The van der Waals surface area contributed by atoms with E-state index in [1.54, 1.807) is 30.3 Å². The minimum atomic E-state index is -1.30. The molecule has 15 atom stereocenters. The number of carbonyl (C=O) groups excluding carboxylic acids is 16. The number of ether oxygens (including phenoxy) is 24. The van der Waals surface area contributed by atoms with Gasteiger partial charge in [-0.2, -0.15) is 0 Å². The van der Waals surface area contributed by atoms with Gasteiger partial charge in [0.2, 0.25) is 35.4 Å². The van der Waals surface area contributed by atoms with E-state index >= 15 is 0 Å². The molecule has 1 aromatic rings. The smallest absolute Gasteiger partial charge is 0.303 e. The lowest BCUT2D eigenvalue weighted by atomic mass is 9.83. The molecule has 6 amide bonds. The molecule has 3 saturated heterocycles. The quantitative estimate of drug-likeness (QED) is 0.0161. The Morgan fingerprint density at radius 3 is 0.771 bits per heavy atom. The van der Waals surface area contributed by atoms with Crippen LogP contribution in [0.25, 0.3) is 0 Å². The highest BCUT2D eigenvalue weighted by molar-refractivity contribution is 5.97. The first kappa shape index (κ1) is 114. The Balaban J connectivity index is 1.29. The van der Waals surface area contributed by atoms with Gasteiger partial charge >= 0.3 is 53.7 Å². The van der Waals surface area contributed by atoms with Gasteiger partial charge in [-0.05, 0) is 19.3 Å². The number of esters is 9. The molecule has 0 aromatic heterocycles. The molecule has 0 radical (unpaired) electrons. The zero-order chi connectivity index (χ0) is 96.5. The standard InChI is InChI=1S/C84H131N7O40/c1-52(92)89-72-78(126-61(10)101)75(123-58(7)98)66(49-120-55(4)95)129-81(72)117-45-42-114-39-36-111-33-30-108-27-24-85-69(105)18-21-84(88-48-65(104)64-16-14-13-15-17-64,22-19-70(106)86-25-28-109-31-34-112-37-40-115-43-46-118-82-73(90-53(2)93)79(127-62(11)102)76(124-59(8)99)67(130-82)50-121-56(5)96)23-20-71(107)87-26-29-110-32-35-113-38-41-116-44-47-119-83-74(91-54(3)94)80(128-63(12)103)77(125-60(9)100)68(131-83)51-122-57(6)97/h13-17,66-68,72-83,88H,18-51H2,1-12H3,(H,85,105)(H,86,106)(H,87,107)(H,89,92)(H,90,93)(H,91,94). The average molecular weight is 1880 g/mol. The highest BCUT2D eigenvalue weighted by atomic mass is 16.7. The molecule has 131 heavy (non-hydrogen) atoms. The lowest BCUT2D eigenvalue weighted by molar-refractivity contribution is -0.279. The van der Waals surface area contributed by atoms with Crippen LogP contribution < -0.4 is 37.2 Å². The van der Waals surface area contributed by atoms with Crippen molar-refractivity contribution >= 4 is 95.0 Å². The number of Topliss-reactive ketones (excluding diaryl/α,β-unsaturated/α-hetero) is 1. The number of carbonyl (C=O) groups is 16. The van der Waals surface area contributed by atoms with Gasteiger partial charge < -0.3 is 151 Å². The van der Waals surface area contributed by atoms with E-state index in [1.165, 1.54) is 20.8 Å². The fourth-order valence-electron chi connectivity index (χ4n) is 13.3. The van der Waals surface area contributed by atoms with Crippen molar-refractivity contribution in [3.05, 3.63) is 35.9 Å². The Morgan fingerprint density at radius 2 is 0.534 bits per heavy atom. The van der Waals surface area contributed by atoms with Gasteiger partial charge in [0.05, 0.1) is 145 Å². The highest BCUT2D eigenvalue weighted by Gasteiger charge is 2.55. The summed E-state index contributed by atoms with van der Waals surface area (Å²) in [5.74, 6) is -9.62. The van der Waals surface area contributed by atoms with Crippen molar-refractivity contribution in [2.45, 2.75) is 219 Å². The Hall–Kier alpha value is -9.70. The van der Waals surface area contributed by atoms with Gasteiger partial charge in [0.1, 0.15) is 56.3 Å². The molecule has 7 N–H and O–H groups in total. The maximum absolute atomic E-state index is 13.7. The molecule has 3 heterocycles. The van der Waals surface area contributed by atoms with E-state index in [9.17, 15) is 76.7 Å². The predicted molar refractivity (Wildman–Crippen MR) is 445 cm³/mol. The number of rotatable bonds is 67. The number of nitrogens with one attached hydrogen (secondary N) is 7. The van der Waals surface area contributed by atoms with Gasteiger partial charge in [-0.15, -0.1) is 0 Å². The minimum Gasteiger partial charge on any atom is -0.463 e. The molecule has 3 aliphatic heterocycles. The van der Waals surface area contributed by atoms with Crippen molar-refractivity contribution in [2.75, 3.05) is 185 Å². The van der Waals surface area contributed by atoms with Crippen LogP contribution in [-0.2, 0) is 186 Å². The summed E-state index contributed by atoms with van der Waals surface area (Å²) in [5, 5.41) is 19.7. The monoisotopic (exact) mass is 1880 g/mol. The molecule has 4 rings (SSSR count). The molecule has 0 saturated carbocycles. The molecule has 47 nitrogen and oxygen atoms in total. The van der Waals surface area contributed by atoms with Crippen LogP contribution in [0.15, 0.2) is 30.3 Å². The summed E-state index contributed by atoms with van der Waals surface area (Å²) in [4.78, 5) is 200. The van der Waals surface area contributed by atoms with Gasteiger partial charge in [0.15, 0.2) is 61.3 Å². The summed E-state index contributed by atoms with van der Waals surface area (Å²) >= 11 is 0. The summed E-state index contributed by atoms with van der Waals surface area (Å²) in [5.41, 5.74) is -0.757. The maximum Gasteiger partial charge on any atom is 0.303 e. The van der Waals surface area contributed by atoms with E-state index < -0.39 is 189 Å². The van der Waals surface area contributed by atoms with Crippen LogP contribution in [0.1, 0.15) is 132 Å². The van der Waals surface area contributed by atoms with Crippen molar-refractivity contribution in [2.24, 2.45) is 0 Å². The number of benzene rings is 1. The molecular formula is C84H131N7O40. The summed E-state index contributed by atoms with van der Waals surface area (Å²) in [6.07, 6.45) is -15.2. The Kier molecular flexibility index (Phi) is 56.4. The van der Waals surface area contributed by atoms with Gasteiger partial charge in [-0.1, -0.05) is 30.3 Å². The summed E-state index contributed by atoms with van der Waals surface area (Å²) < 4.78 is 135. The van der Waals surface area contributed by atoms with Gasteiger partial charge in [-0.3, -0.25) is 76.7 Å². The second-order valence-corrected chi connectivity index (χ2v) is 29.8. The molecule has 742 valence electrons. The van der Waals surface area contributed by atoms with E-state index in [2.05, 4.69) is 37.2 Å². The number of hydrogen-bond donors (Lipinski definition) is 7. The molecule has 3 fully saturated rings. The minimum absolute atomic E-state index is 0.0105. The first-order valence-electron chi connectivity index (χ1n) is 43.0. The van der Waals surface area contributed by atoms with Crippen LogP contribution in [0, 0.1) is 0 Å². The maximum atomic E-state index is 13.7. The first-order valence-corrected chi connectivity index (χ1v) is 43.0. The number of hydrogen-bond acceptors (Lipinski definition) is 41. The lowest BCUT2D eigenvalue weighted by Crippen LogP contribution is -2.66. The normalized spacial score (nSPS) is 22.0. The third kappa shape index (κ3) is 49.0. The van der Waals surface area contributed by atoms with E-state index in [0.717, 1.165) is 62.3 Å². The van der Waals surface area contributed by atoms with Crippen molar-refractivity contribution in [1.82, 2.24) is 37.2 Å². The summed E-state index contributed by atoms with van der Waals surface area (Å²) in [6.45, 7) is 14.4. The Bertz CT molecular complexity index is 3360. The summed E-state index contributed by atoms with van der Waals surface area (Å²) in [7, 11) is 0. The lowest BCUT2D eigenvalue weighted by Gasteiger charge is -2.44. The highest BCUT2D eigenvalue weighted by Crippen LogP contribution is 2.33. The van der Waals surface area contributed by atoms with Gasteiger partial charge in [-0.25, -0.2) is 0 Å². The van der Waals surface area contributed by atoms with E-state index in [-0.39, 0.29) is 227 Å². The average Bonchev–Trinajstić information content (AvgIpc) is 0.794. The second kappa shape index (κ2) is 65.0. The molecule has 47 heteroatoms. The zero-order valence-electron chi connectivity index (χ0n) is 76.4. The Morgan fingerprint density at radius 1 is 0.298 bits per heavy atom. The van der Waals surface area contributed by atoms with Crippen LogP contribution in [0.3, 0.4) is 0 Å². The van der Waals surface area contributed by atoms with Crippen molar-refractivity contribution in [3.8, 4) is 0 Å². The third-order valence-electron chi connectivity index (χ3n) is 18.9. The molecule has 1 aromatic carbocycles. The zero-order valence-corrected chi connectivity index (χ0v) is 76.4. The predicted octanol–water partition coefficient (Wildman–Crippen LogP) is -1.95. The molecule has 0 bridgehead atoms. The Labute approximate surface area is 759 Å². The fraction of sp³-hybridized carbons (Fsp3) is 0.738. The molecule has 0 spiro atoms. The molecule has 15 unspecified atom stereocenters. The van der Waals surface area contributed by atoms with Crippen LogP contribution in [0.5, 0.6) is 0 Å². The van der Waals surface area contributed by atoms with E-state index in [4.69, 9.17) is 114 Å². The van der Waals surface area contributed by atoms with E-state index in [0.29, 0.717) is 5.56 Å². The van der Waals surface area contributed by atoms with Crippen molar-refractivity contribution in [3.63, 3.8) is 0 Å². The largest absolute Gasteiger partial charge is 0.463 e. The van der Waals surface area contributed by atoms with Crippen molar-refractivity contribution < 1.29 is 190 Å². The van der Waals surface area contributed by atoms with Crippen LogP contribution in [0.2, 0.25) is 0 Å². The topological polar surface area (TPSA) is 579 Å². The molecule has 0 aliphatic carbocycles. The first-order chi connectivity index (χ1) is 62.6. The van der Waals surface area contributed by atoms with Crippen LogP contribution >= 0.6 is 0 Å². The summed E-state index contributed by atoms with van der Waals surface area (Å²) in [6, 6.07) is 5.00. The van der Waals surface area contributed by atoms with Crippen molar-refractivity contribution in [1.29, 1.82) is 0 Å². The van der Waals surface area contributed by atoms with Crippen LogP contribution in [-0.4, -0.2) is 377 Å². The number of ketones is 1. The van der Waals surface area contributed by atoms with Gasteiger partial charge in [0.25, 0.3) is 0 Å². The fourth-order valence-corrected chi connectivity index (χ4v) is 13.3. The SMILES string of the molecule is CC(=O)NC1C(OCCOCCOCCOCCNC(=O)CCC(CCC(=O)NCCOCCOCCOCCOC2OC(COC(C)=O)C(OC(C)=O)C(OC(C)=O)C2NC(C)=O)(CCC(=O)NCCOCCOCCOCCOC2OC(COC(C)=O)C(OC(C)=O)C(OC(C)=O)C2NC(C)=O)NCC(=O)c2ccccc2)OC(COC(C)=O)C(OC(C)=O)C1OC(C)=O. The molecule has 3 aliphatic rings. The third-order valence-corrected chi connectivity index (χ3v) is 18.9.